The maximum absolute atomic E-state index is 10.2. The van der Waals surface area contributed by atoms with Crippen LogP contribution < -0.4 is 0 Å². The van der Waals surface area contributed by atoms with E-state index in [-0.39, 0.29) is 0 Å². The monoisotopic (exact) mass is 370 g/mol. The van der Waals surface area contributed by atoms with E-state index >= 15 is 0 Å². The van der Waals surface area contributed by atoms with Gasteiger partial charge in [-0.25, -0.2) is 0 Å². The summed E-state index contributed by atoms with van der Waals surface area (Å²) in [5.74, 6) is 0. The van der Waals surface area contributed by atoms with Crippen molar-refractivity contribution in [3.63, 3.8) is 0 Å². The molecule has 11 heteroatoms. The SMILES string of the molecule is O=[Se](O)O[Se](=O)(=O)O[Se](=O)O. The number of hydrogen-bond acceptors (Lipinski definition) is 6. The van der Waals surface area contributed by atoms with E-state index in [1.165, 1.54) is 0 Å². The summed E-state index contributed by atoms with van der Waals surface area (Å²) in [6.45, 7) is 0. The predicted octanol–water partition coefficient (Wildman–Crippen LogP) is -2.87. The fraction of sp³-hybridized carbons (Fsp3) is 0. The Labute approximate surface area is 71.9 Å². The van der Waals surface area contributed by atoms with Gasteiger partial charge in [0.1, 0.15) is 0 Å². The van der Waals surface area contributed by atoms with E-state index in [2.05, 4.69) is 5.80 Å². The van der Waals surface area contributed by atoms with Gasteiger partial charge in [0, 0.05) is 0 Å². The molecule has 0 saturated carbocycles. The molecule has 0 saturated heterocycles. The quantitative estimate of drug-likeness (QED) is 0.508. The molecule has 0 aliphatic carbocycles. The summed E-state index contributed by atoms with van der Waals surface area (Å²) in [6.07, 6.45) is 0. The Morgan fingerprint density at radius 3 is 1.45 bits per heavy atom. The van der Waals surface area contributed by atoms with Crippen molar-refractivity contribution >= 4 is 42.4 Å². The standard InChI is InChI=1S/H2O8Se3/c1-9(2)7-11(5,6)8-10(3)4/h(H,1,2)(H,3,4). The van der Waals surface area contributed by atoms with Crippen LogP contribution in [0.3, 0.4) is 0 Å². The van der Waals surface area contributed by atoms with Crippen molar-refractivity contribution < 1.29 is 29.5 Å². The molecule has 0 bridgehead atoms. The first-order valence-corrected chi connectivity index (χ1v) is 8.83. The molecule has 0 aromatic rings. The first-order chi connectivity index (χ1) is 4.83. The third-order valence-corrected chi connectivity index (χ3v) is 7.64. The Balaban J connectivity index is 4.25. The van der Waals surface area contributed by atoms with Gasteiger partial charge in [-0.15, -0.1) is 0 Å². The van der Waals surface area contributed by atoms with Crippen LogP contribution >= 0.6 is 0 Å². The zero-order valence-corrected chi connectivity index (χ0v) is 9.71. The molecule has 11 heavy (non-hydrogen) atoms. The van der Waals surface area contributed by atoms with Gasteiger partial charge in [-0.1, -0.05) is 0 Å². The molecule has 2 atom stereocenters. The average Bonchev–Trinajstić information content (AvgIpc) is 1.53. The van der Waals surface area contributed by atoms with Gasteiger partial charge in [-0.2, -0.15) is 0 Å². The van der Waals surface area contributed by atoms with Crippen LogP contribution in [0.4, 0.5) is 0 Å². The molecule has 68 valence electrons. The van der Waals surface area contributed by atoms with Crippen LogP contribution in [0.5, 0.6) is 0 Å². The topological polar surface area (TPSA) is 127 Å². The van der Waals surface area contributed by atoms with Gasteiger partial charge in [-0.3, -0.25) is 0 Å². The van der Waals surface area contributed by atoms with Crippen molar-refractivity contribution in [3.05, 3.63) is 0 Å². The van der Waals surface area contributed by atoms with Gasteiger partial charge in [0.05, 0.1) is 0 Å². The minimum absolute atomic E-state index is 3.37. The van der Waals surface area contributed by atoms with E-state index < -0.39 is 42.4 Å². The van der Waals surface area contributed by atoms with Gasteiger partial charge >= 0.3 is 71.9 Å². The summed E-state index contributed by atoms with van der Waals surface area (Å²) in [5, 5.41) is 0. The van der Waals surface area contributed by atoms with E-state index in [0.717, 1.165) is 0 Å². The molecule has 0 heterocycles. The molecule has 0 aromatic carbocycles. The number of hydrogen-bond donors (Lipinski definition) is 2. The normalized spacial score (nSPS) is 17.6. The molecule has 8 nitrogen and oxygen atoms in total. The molecule has 2 N–H and O–H groups in total. The van der Waals surface area contributed by atoms with Crippen molar-refractivity contribution in [1.29, 1.82) is 0 Å². The third-order valence-electron chi connectivity index (χ3n) is 0.283. The fourth-order valence-corrected chi connectivity index (χ4v) is 5.44. The molecule has 0 aromatic heterocycles. The summed E-state index contributed by atoms with van der Waals surface area (Å²) >= 11 is -13.3. The van der Waals surface area contributed by atoms with Gasteiger partial charge in [0.2, 0.25) is 0 Å². The summed E-state index contributed by atoms with van der Waals surface area (Å²) in [7, 11) is 0. The molecule has 0 spiro atoms. The zero-order valence-electron chi connectivity index (χ0n) is 4.57. The molecule has 0 aliphatic rings. The zero-order chi connectivity index (χ0) is 9.07. The second-order valence-corrected chi connectivity index (χ2v) is 8.05. The molecular formula is H2O8Se3. The van der Waals surface area contributed by atoms with E-state index in [9.17, 15) is 15.3 Å². The summed E-state index contributed by atoms with van der Waals surface area (Å²) in [6, 6.07) is 0. The van der Waals surface area contributed by atoms with Gasteiger partial charge in [0.15, 0.2) is 0 Å². The molecule has 0 fully saturated rings. The molecule has 0 radical (unpaired) electrons. The second kappa shape index (κ2) is 4.58. The van der Waals surface area contributed by atoms with Crippen molar-refractivity contribution in [2.75, 3.05) is 0 Å². The summed E-state index contributed by atoms with van der Waals surface area (Å²) < 4.78 is 62.6. The Hall–Kier alpha value is 0.598. The van der Waals surface area contributed by atoms with Crippen molar-refractivity contribution in [2.24, 2.45) is 0 Å². The van der Waals surface area contributed by atoms with E-state index in [1.54, 1.807) is 0 Å². The number of rotatable bonds is 4. The maximum atomic E-state index is 10.2. The summed E-state index contributed by atoms with van der Waals surface area (Å²) in [4.78, 5) is 0. The first-order valence-electron chi connectivity index (χ1n) is 1.70. The van der Waals surface area contributed by atoms with Crippen LogP contribution in [-0.4, -0.2) is 50.7 Å². The van der Waals surface area contributed by atoms with E-state index in [1.807, 2.05) is 0 Å². The van der Waals surface area contributed by atoms with Crippen LogP contribution in [0, 0.1) is 0 Å². The second-order valence-electron chi connectivity index (χ2n) is 0.979. The van der Waals surface area contributed by atoms with Crippen LogP contribution in [0.25, 0.3) is 0 Å². The first kappa shape index (κ1) is 11.6. The van der Waals surface area contributed by atoms with Crippen LogP contribution in [0.15, 0.2) is 0 Å². The molecule has 0 aliphatic heterocycles. The van der Waals surface area contributed by atoms with Crippen molar-refractivity contribution in [2.45, 2.75) is 0 Å². The van der Waals surface area contributed by atoms with Gasteiger partial charge < -0.3 is 0 Å². The fourth-order valence-electron chi connectivity index (χ4n) is 0.154. The van der Waals surface area contributed by atoms with Gasteiger partial charge in [0.25, 0.3) is 0 Å². The van der Waals surface area contributed by atoms with Crippen molar-refractivity contribution in [3.8, 4) is 0 Å². The minimum atomic E-state index is -5.52. The van der Waals surface area contributed by atoms with Crippen LogP contribution in [0.1, 0.15) is 0 Å². The summed E-state index contributed by atoms with van der Waals surface area (Å²) in [5.41, 5.74) is 0. The van der Waals surface area contributed by atoms with Crippen molar-refractivity contribution in [1.82, 2.24) is 0 Å². The Morgan fingerprint density at radius 1 is 1.00 bits per heavy atom. The van der Waals surface area contributed by atoms with E-state index in [0.29, 0.717) is 0 Å². The van der Waals surface area contributed by atoms with E-state index in [4.69, 9.17) is 8.38 Å². The molecule has 0 rings (SSSR count). The molecule has 0 amide bonds. The predicted molar refractivity (Wildman–Crippen MR) is 26.6 cm³/mol. The average molecular weight is 367 g/mol. The third kappa shape index (κ3) is 6.98. The molecule has 2 unspecified atom stereocenters. The van der Waals surface area contributed by atoms with Crippen LogP contribution in [0.2, 0.25) is 0 Å². The molecular weight excluding hydrogens is 365 g/mol. The van der Waals surface area contributed by atoms with Gasteiger partial charge in [-0.05, 0) is 0 Å². The Morgan fingerprint density at radius 2 is 1.27 bits per heavy atom. The Bertz CT molecular complexity index is 235. The van der Waals surface area contributed by atoms with Crippen LogP contribution in [-0.2, 0) is 21.1 Å². The Kier molecular flexibility index (Phi) is 4.83.